The fourth-order valence-corrected chi connectivity index (χ4v) is 3.92. The summed E-state index contributed by atoms with van der Waals surface area (Å²) in [5.41, 5.74) is 2.68. The molecule has 2 fully saturated rings. The highest BCUT2D eigenvalue weighted by atomic mass is 16.2. The monoisotopic (exact) mass is 348 g/mol. The molecule has 2 heterocycles. The van der Waals surface area contributed by atoms with Gasteiger partial charge in [0.2, 0.25) is 5.91 Å². The Balaban J connectivity index is 1.60. The predicted molar refractivity (Wildman–Crippen MR) is 102 cm³/mol. The summed E-state index contributed by atoms with van der Waals surface area (Å²) in [6.45, 7) is 5.13. The van der Waals surface area contributed by atoms with E-state index in [0.29, 0.717) is 18.0 Å². The van der Waals surface area contributed by atoms with Crippen molar-refractivity contribution in [2.75, 3.05) is 31.1 Å². The van der Waals surface area contributed by atoms with Gasteiger partial charge in [-0.15, -0.1) is 0 Å². The molecule has 1 amide bonds. The first-order valence-corrected chi connectivity index (χ1v) is 9.51. The van der Waals surface area contributed by atoms with Gasteiger partial charge in [0, 0.05) is 37.5 Å². The summed E-state index contributed by atoms with van der Waals surface area (Å²) < 4.78 is 0. The number of hydrogen-bond donors (Lipinski definition) is 0. The lowest BCUT2D eigenvalue weighted by Crippen LogP contribution is -2.41. The number of rotatable bonds is 2. The summed E-state index contributed by atoms with van der Waals surface area (Å²) >= 11 is 0. The first-order chi connectivity index (χ1) is 12.7. The largest absolute Gasteiger partial charge is 0.354 e. The molecule has 4 rings (SSSR count). The Morgan fingerprint density at radius 1 is 1.19 bits per heavy atom. The number of benzene rings is 1. The zero-order chi connectivity index (χ0) is 18.1. The molecule has 2 aliphatic rings. The fourth-order valence-electron chi connectivity index (χ4n) is 3.92. The number of aromatic nitrogens is 1. The van der Waals surface area contributed by atoms with Crippen LogP contribution in [-0.2, 0) is 4.79 Å². The molecule has 0 spiro atoms. The average Bonchev–Trinajstić information content (AvgIpc) is 2.85. The molecule has 5 heteroatoms. The summed E-state index contributed by atoms with van der Waals surface area (Å²) in [5.74, 6) is 1.32. The maximum absolute atomic E-state index is 12.6. The van der Waals surface area contributed by atoms with Gasteiger partial charge < -0.3 is 9.80 Å². The van der Waals surface area contributed by atoms with Crippen LogP contribution in [0.25, 0.3) is 10.9 Å². The van der Waals surface area contributed by atoms with Gasteiger partial charge in [-0.3, -0.25) is 4.79 Å². The standard InChI is InChI=1S/C21H24N4O/c1-15-5-2-8-17-13-18(14-22)20(23-19(15)17)24-9-4-10-25(12-11-24)21(26)16-6-3-7-16/h2,5,8,13,16H,3-4,6-7,9-12H2,1H3. The van der Waals surface area contributed by atoms with Gasteiger partial charge in [0.25, 0.3) is 0 Å². The maximum atomic E-state index is 12.6. The molecule has 5 nitrogen and oxygen atoms in total. The molecule has 0 bridgehead atoms. The number of anilines is 1. The van der Waals surface area contributed by atoms with Crippen molar-refractivity contribution in [3.8, 4) is 6.07 Å². The van der Waals surface area contributed by atoms with Gasteiger partial charge in [0.1, 0.15) is 11.9 Å². The second-order valence-electron chi connectivity index (χ2n) is 7.41. The van der Waals surface area contributed by atoms with E-state index in [9.17, 15) is 10.1 Å². The minimum Gasteiger partial charge on any atom is -0.354 e. The van der Waals surface area contributed by atoms with Crippen LogP contribution in [0.2, 0.25) is 0 Å². The average molecular weight is 348 g/mol. The summed E-state index contributed by atoms with van der Waals surface area (Å²) in [6.07, 6.45) is 4.19. The number of fused-ring (bicyclic) bond motifs is 1. The van der Waals surface area contributed by atoms with E-state index in [1.807, 2.05) is 36.1 Å². The Morgan fingerprint density at radius 3 is 2.77 bits per heavy atom. The van der Waals surface area contributed by atoms with E-state index >= 15 is 0 Å². The lowest BCUT2D eigenvalue weighted by molar-refractivity contribution is -0.137. The number of aryl methyl sites for hydroxylation is 1. The van der Waals surface area contributed by atoms with Crippen LogP contribution in [0.5, 0.6) is 0 Å². The summed E-state index contributed by atoms with van der Waals surface area (Å²) in [4.78, 5) is 21.6. The fraction of sp³-hybridized carbons (Fsp3) is 0.476. The highest BCUT2D eigenvalue weighted by Gasteiger charge is 2.30. The third-order valence-electron chi connectivity index (χ3n) is 5.71. The van der Waals surface area contributed by atoms with Crippen LogP contribution in [0.15, 0.2) is 24.3 Å². The van der Waals surface area contributed by atoms with Gasteiger partial charge in [-0.1, -0.05) is 24.6 Å². The molecule has 134 valence electrons. The van der Waals surface area contributed by atoms with E-state index < -0.39 is 0 Å². The van der Waals surface area contributed by atoms with Crippen molar-refractivity contribution >= 4 is 22.6 Å². The van der Waals surface area contributed by atoms with E-state index in [1.165, 1.54) is 6.42 Å². The highest BCUT2D eigenvalue weighted by Crippen LogP contribution is 2.29. The minimum atomic E-state index is 0.248. The number of pyridine rings is 1. The van der Waals surface area contributed by atoms with Crippen LogP contribution in [0.1, 0.15) is 36.8 Å². The van der Waals surface area contributed by atoms with Crippen molar-refractivity contribution < 1.29 is 4.79 Å². The number of carbonyl (C=O) groups excluding carboxylic acids is 1. The highest BCUT2D eigenvalue weighted by molar-refractivity contribution is 5.85. The Morgan fingerprint density at radius 2 is 2.04 bits per heavy atom. The third-order valence-corrected chi connectivity index (χ3v) is 5.71. The van der Waals surface area contributed by atoms with Gasteiger partial charge in [-0.2, -0.15) is 5.26 Å². The Bertz CT molecular complexity index is 881. The van der Waals surface area contributed by atoms with E-state index in [1.54, 1.807) is 0 Å². The Kier molecular flexibility index (Phi) is 4.50. The van der Waals surface area contributed by atoms with Gasteiger partial charge in [0.15, 0.2) is 0 Å². The lowest BCUT2D eigenvalue weighted by Gasteiger charge is -2.31. The number of hydrogen-bond acceptors (Lipinski definition) is 4. The van der Waals surface area contributed by atoms with E-state index in [-0.39, 0.29) is 5.92 Å². The molecule has 0 radical (unpaired) electrons. The van der Waals surface area contributed by atoms with Gasteiger partial charge in [-0.25, -0.2) is 4.98 Å². The minimum absolute atomic E-state index is 0.248. The number of amides is 1. The molecule has 0 atom stereocenters. The number of nitriles is 1. The lowest BCUT2D eigenvalue weighted by atomic mass is 9.84. The van der Waals surface area contributed by atoms with Crippen molar-refractivity contribution in [1.29, 1.82) is 5.26 Å². The Hall–Kier alpha value is -2.61. The second kappa shape index (κ2) is 6.95. The van der Waals surface area contributed by atoms with E-state index in [4.69, 9.17) is 4.98 Å². The zero-order valence-corrected chi connectivity index (χ0v) is 15.2. The van der Waals surface area contributed by atoms with Crippen LogP contribution >= 0.6 is 0 Å². The molecule has 0 N–H and O–H groups in total. The molecule has 0 unspecified atom stereocenters. The third kappa shape index (κ3) is 3.01. The van der Waals surface area contributed by atoms with E-state index in [2.05, 4.69) is 11.0 Å². The smallest absolute Gasteiger partial charge is 0.225 e. The molecule has 2 aromatic rings. The van der Waals surface area contributed by atoms with Crippen LogP contribution in [-0.4, -0.2) is 42.0 Å². The van der Waals surface area contributed by atoms with E-state index in [0.717, 1.165) is 61.2 Å². The first-order valence-electron chi connectivity index (χ1n) is 9.51. The molecule has 1 aliphatic heterocycles. The molecule has 1 aliphatic carbocycles. The summed E-state index contributed by atoms with van der Waals surface area (Å²) in [5, 5.41) is 10.6. The SMILES string of the molecule is Cc1cccc2cc(C#N)c(N3CCCN(C(=O)C4CCC4)CC3)nc12. The van der Waals surface area contributed by atoms with Crippen LogP contribution in [0.4, 0.5) is 5.82 Å². The molecule has 1 saturated carbocycles. The van der Waals surface area contributed by atoms with Crippen molar-refractivity contribution in [3.63, 3.8) is 0 Å². The summed E-state index contributed by atoms with van der Waals surface area (Å²) in [7, 11) is 0. The van der Waals surface area contributed by atoms with Crippen molar-refractivity contribution in [2.45, 2.75) is 32.6 Å². The number of para-hydroxylation sites is 1. The molecular formula is C21H24N4O. The topological polar surface area (TPSA) is 60.2 Å². The molecular weight excluding hydrogens is 324 g/mol. The molecule has 26 heavy (non-hydrogen) atoms. The number of carbonyl (C=O) groups is 1. The Labute approximate surface area is 154 Å². The summed E-state index contributed by atoms with van der Waals surface area (Å²) in [6, 6.07) is 10.3. The maximum Gasteiger partial charge on any atom is 0.225 e. The second-order valence-corrected chi connectivity index (χ2v) is 7.41. The molecule has 1 aromatic heterocycles. The molecule has 1 saturated heterocycles. The van der Waals surface area contributed by atoms with Crippen molar-refractivity contribution in [2.24, 2.45) is 5.92 Å². The van der Waals surface area contributed by atoms with Gasteiger partial charge in [-0.05, 0) is 37.8 Å². The van der Waals surface area contributed by atoms with Crippen LogP contribution in [0.3, 0.4) is 0 Å². The van der Waals surface area contributed by atoms with Gasteiger partial charge in [0.05, 0.1) is 11.1 Å². The predicted octanol–water partition coefficient (Wildman–Crippen LogP) is 3.25. The van der Waals surface area contributed by atoms with Crippen molar-refractivity contribution in [1.82, 2.24) is 9.88 Å². The normalized spacial score (nSPS) is 18.3. The molecule has 1 aromatic carbocycles. The number of nitrogens with zero attached hydrogens (tertiary/aromatic N) is 4. The first kappa shape index (κ1) is 16.8. The van der Waals surface area contributed by atoms with Crippen LogP contribution < -0.4 is 4.90 Å². The van der Waals surface area contributed by atoms with Gasteiger partial charge >= 0.3 is 0 Å². The van der Waals surface area contributed by atoms with Crippen LogP contribution in [0, 0.1) is 24.2 Å². The van der Waals surface area contributed by atoms with Crippen molar-refractivity contribution in [3.05, 3.63) is 35.4 Å². The zero-order valence-electron chi connectivity index (χ0n) is 15.2. The quantitative estimate of drug-likeness (QED) is 0.836.